The SMILES string of the molecule is Cc1ccc(N2C(=O)C(Cl)=C(Nc3cccc(C(=O)NC4CCCC4)c3)C2=O)c(C)c1. The second-order valence-corrected chi connectivity index (χ2v) is 8.46. The van der Waals surface area contributed by atoms with Gasteiger partial charge in [-0.2, -0.15) is 0 Å². The summed E-state index contributed by atoms with van der Waals surface area (Å²) >= 11 is 6.24. The van der Waals surface area contributed by atoms with Gasteiger partial charge in [-0.05, 0) is 56.5 Å². The molecule has 0 bridgehead atoms. The van der Waals surface area contributed by atoms with E-state index in [4.69, 9.17) is 11.6 Å². The second kappa shape index (κ2) is 8.55. The Bertz CT molecular complexity index is 1100. The van der Waals surface area contributed by atoms with E-state index in [-0.39, 0.29) is 22.7 Å². The Morgan fingerprint density at radius 1 is 1.03 bits per heavy atom. The fourth-order valence-corrected chi connectivity index (χ4v) is 4.32. The van der Waals surface area contributed by atoms with Crippen LogP contribution in [-0.4, -0.2) is 23.8 Å². The molecule has 0 saturated heterocycles. The summed E-state index contributed by atoms with van der Waals surface area (Å²) in [7, 11) is 0. The molecule has 1 aliphatic carbocycles. The fraction of sp³-hybridized carbons (Fsp3) is 0.292. The van der Waals surface area contributed by atoms with Crippen molar-refractivity contribution >= 4 is 40.7 Å². The van der Waals surface area contributed by atoms with E-state index in [2.05, 4.69) is 10.6 Å². The summed E-state index contributed by atoms with van der Waals surface area (Å²) in [5, 5.41) is 5.82. The number of rotatable bonds is 5. The fourth-order valence-electron chi connectivity index (χ4n) is 4.11. The van der Waals surface area contributed by atoms with E-state index in [1.807, 2.05) is 26.0 Å². The third-order valence-corrected chi connectivity index (χ3v) is 6.06. The van der Waals surface area contributed by atoms with Crippen LogP contribution in [0.25, 0.3) is 0 Å². The molecular weight excluding hydrogens is 414 g/mol. The number of amides is 3. The summed E-state index contributed by atoms with van der Waals surface area (Å²) in [6.07, 6.45) is 4.26. The molecule has 2 aromatic rings. The molecule has 0 radical (unpaired) electrons. The van der Waals surface area contributed by atoms with Crippen molar-refractivity contribution in [3.8, 4) is 0 Å². The summed E-state index contributed by atoms with van der Waals surface area (Å²) in [5.74, 6) is -1.25. The predicted octanol–water partition coefficient (Wildman–Crippen LogP) is 4.41. The van der Waals surface area contributed by atoms with Crippen LogP contribution in [0.4, 0.5) is 11.4 Å². The zero-order valence-electron chi connectivity index (χ0n) is 17.5. The minimum atomic E-state index is -0.573. The minimum Gasteiger partial charge on any atom is -0.350 e. The number of hydrogen-bond donors (Lipinski definition) is 2. The van der Waals surface area contributed by atoms with E-state index in [1.54, 1.807) is 30.3 Å². The lowest BCUT2D eigenvalue weighted by Crippen LogP contribution is -2.33. The maximum Gasteiger partial charge on any atom is 0.283 e. The second-order valence-electron chi connectivity index (χ2n) is 8.09. The summed E-state index contributed by atoms with van der Waals surface area (Å²) in [5.41, 5.74) is 3.33. The van der Waals surface area contributed by atoms with Crippen LogP contribution in [0.2, 0.25) is 0 Å². The van der Waals surface area contributed by atoms with Crippen molar-refractivity contribution < 1.29 is 14.4 Å². The molecule has 1 heterocycles. The molecule has 2 N–H and O–H groups in total. The first-order chi connectivity index (χ1) is 14.8. The third kappa shape index (κ3) is 4.21. The van der Waals surface area contributed by atoms with Gasteiger partial charge in [0.1, 0.15) is 10.7 Å². The van der Waals surface area contributed by atoms with E-state index in [1.165, 1.54) is 0 Å². The monoisotopic (exact) mass is 437 g/mol. The van der Waals surface area contributed by atoms with Gasteiger partial charge in [0.05, 0.1) is 5.69 Å². The maximum atomic E-state index is 13.0. The average Bonchev–Trinajstić information content (AvgIpc) is 3.32. The van der Waals surface area contributed by atoms with Gasteiger partial charge in [0.15, 0.2) is 0 Å². The molecule has 1 aliphatic heterocycles. The zero-order valence-corrected chi connectivity index (χ0v) is 18.3. The van der Waals surface area contributed by atoms with Crippen molar-refractivity contribution in [2.75, 3.05) is 10.2 Å². The number of anilines is 2. The molecule has 0 spiro atoms. The number of benzene rings is 2. The lowest BCUT2D eigenvalue weighted by Gasteiger charge is -2.18. The molecule has 2 aromatic carbocycles. The Labute approximate surface area is 186 Å². The van der Waals surface area contributed by atoms with E-state index in [9.17, 15) is 14.4 Å². The van der Waals surface area contributed by atoms with E-state index >= 15 is 0 Å². The Hall–Kier alpha value is -3.12. The Balaban J connectivity index is 1.54. The number of halogens is 1. The first kappa shape index (κ1) is 21.1. The quantitative estimate of drug-likeness (QED) is 0.679. The number of hydrogen-bond acceptors (Lipinski definition) is 4. The topological polar surface area (TPSA) is 78.5 Å². The average molecular weight is 438 g/mol. The highest BCUT2D eigenvalue weighted by Gasteiger charge is 2.39. The van der Waals surface area contributed by atoms with Gasteiger partial charge in [-0.3, -0.25) is 14.4 Å². The molecule has 0 aromatic heterocycles. The van der Waals surface area contributed by atoms with Crippen LogP contribution in [0.5, 0.6) is 0 Å². The van der Waals surface area contributed by atoms with E-state index in [0.29, 0.717) is 16.9 Å². The van der Waals surface area contributed by atoms with Crippen LogP contribution in [-0.2, 0) is 9.59 Å². The van der Waals surface area contributed by atoms with E-state index in [0.717, 1.165) is 41.7 Å². The van der Waals surface area contributed by atoms with Crippen LogP contribution in [0.3, 0.4) is 0 Å². The number of carbonyl (C=O) groups excluding carboxylic acids is 3. The highest BCUT2D eigenvalue weighted by Crippen LogP contribution is 2.32. The Morgan fingerprint density at radius 2 is 1.77 bits per heavy atom. The van der Waals surface area contributed by atoms with Crippen LogP contribution < -0.4 is 15.5 Å². The van der Waals surface area contributed by atoms with Crippen LogP contribution in [0.15, 0.2) is 53.2 Å². The number of nitrogens with one attached hydrogen (secondary N) is 2. The number of carbonyl (C=O) groups is 3. The molecule has 0 unspecified atom stereocenters. The van der Waals surface area contributed by atoms with Gasteiger partial charge in [0, 0.05) is 17.3 Å². The van der Waals surface area contributed by atoms with Crippen LogP contribution >= 0.6 is 11.6 Å². The number of imide groups is 1. The van der Waals surface area contributed by atoms with Gasteiger partial charge in [0.25, 0.3) is 17.7 Å². The molecule has 0 atom stereocenters. The van der Waals surface area contributed by atoms with E-state index < -0.39 is 11.8 Å². The van der Waals surface area contributed by atoms with Crippen molar-refractivity contribution in [2.24, 2.45) is 0 Å². The van der Waals surface area contributed by atoms with Gasteiger partial charge in [-0.1, -0.05) is 48.2 Å². The number of nitrogens with zero attached hydrogens (tertiary/aromatic N) is 1. The van der Waals surface area contributed by atoms with Crippen molar-refractivity contribution in [1.82, 2.24) is 5.32 Å². The molecule has 2 aliphatic rings. The number of aryl methyl sites for hydroxylation is 2. The van der Waals surface area contributed by atoms with Crippen molar-refractivity contribution in [1.29, 1.82) is 0 Å². The highest BCUT2D eigenvalue weighted by molar-refractivity contribution is 6.53. The molecule has 3 amide bonds. The molecule has 4 rings (SSSR count). The standard InChI is InChI=1S/C24H24ClN3O3/c1-14-10-11-19(15(2)12-14)28-23(30)20(25)21(24(28)31)26-18-9-5-6-16(13-18)22(29)27-17-7-3-4-8-17/h5-6,9-13,17,26H,3-4,7-8H2,1-2H3,(H,27,29). The van der Waals surface area contributed by atoms with Gasteiger partial charge in [-0.15, -0.1) is 0 Å². The van der Waals surface area contributed by atoms with Gasteiger partial charge in [-0.25, -0.2) is 4.90 Å². The first-order valence-electron chi connectivity index (χ1n) is 10.4. The summed E-state index contributed by atoms with van der Waals surface area (Å²) in [6.45, 7) is 3.78. The molecule has 6 nitrogen and oxygen atoms in total. The predicted molar refractivity (Wildman–Crippen MR) is 121 cm³/mol. The molecule has 31 heavy (non-hydrogen) atoms. The maximum absolute atomic E-state index is 13.0. The van der Waals surface area contributed by atoms with Crippen molar-refractivity contribution in [3.05, 3.63) is 69.9 Å². The lowest BCUT2D eigenvalue weighted by atomic mass is 10.1. The third-order valence-electron chi connectivity index (χ3n) is 5.70. The van der Waals surface area contributed by atoms with Crippen LogP contribution in [0, 0.1) is 13.8 Å². The van der Waals surface area contributed by atoms with Gasteiger partial charge >= 0.3 is 0 Å². The van der Waals surface area contributed by atoms with Crippen molar-refractivity contribution in [3.63, 3.8) is 0 Å². The smallest absolute Gasteiger partial charge is 0.283 e. The molecule has 160 valence electrons. The molecular formula is C24H24ClN3O3. The Kier molecular flexibility index (Phi) is 5.83. The Morgan fingerprint density at radius 3 is 2.48 bits per heavy atom. The minimum absolute atomic E-state index is 0.00000672. The summed E-state index contributed by atoms with van der Waals surface area (Å²) < 4.78 is 0. The molecule has 1 saturated carbocycles. The summed E-state index contributed by atoms with van der Waals surface area (Å²) in [6, 6.07) is 12.5. The van der Waals surface area contributed by atoms with Gasteiger partial charge in [0.2, 0.25) is 0 Å². The van der Waals surface area contributed by atoms with Crippen molar-refractivity contribution in [2.45, 2.75) is 45.6 Å². The molecule has 7 heteroatoms. The normalized spacial score (nSPS) is 16.9. The summed E-state index contributed by atoms with van der Waals surface area (Å²) in [4.78, 5) is 39.4. The highest BCUT2D eigenvalue weighted by atomic mass is 35.5. The largest absolute Gasteiger partial charge is 0.350 e. The first-order valence-corrected chi connectivity index (χ1v) is 10.8. The van der Waals surface area contributed by atoms with Crippen LogP contribution in [0.1, 0.15) is 47.2 Å². The van der Waals surface area contributed by atoms with Gasteiger partial charge < -0.3 is 10.6 Å². The molecule has 1 fully saturated rings. The zero-order chi connectivity index (χ0) is 22.1. The lowest BCUT2D eigenvalue weighted by molar-refractivity contribution is -0.120.